The van der Waals surface area contributed by atoms with Gasteiger partial charge in [0.05, 0.1) is 13.7 Å². The predicted molar refractivity (Wildman–Crippen MR) is 195 cm³/mol. The molecule has 244 valence electrons. The van der Waals surface area contributed by atoms with Gasteiger partial charge in [0, 0.05) is 29.0 Å². The smallest absolute Gasteiger partial charge is 0.261 e. The van der Waals surface area contributed by atoms with Crippen LogP contribution in [-0.2, 0) is 9.84 Å². The molecule has 0 aromatic heterocycles. The van der Waals surface area contributed by atoms with E-state index in [1.54, 1.807) is 0 Å². The number of benzene rings is 4. The second-order valence-corrected chi connectivity index (χ2v) is 19.8. The minimum absolute atomic E-state index is 0.0993. The first-order valence-electron chi connectivity index (χ1n) is 17.5. The topological polar surface area (TPSA) is 38.8 Å². The molecule has 4 bridgehead atoms. The maximum absolute atomic E-state index is 11.6. The SMILES string of the molecule is COc1ccc(N(CCO[Si](c2ccccc2)(c2ccccc2)C(C)(C)C)c2ccc(C=O)cc2)cc1C12CC3CC(CC(C3)C1)C2. The third-order valence-corrected chi connectivity index (χ3v) is 16.5. The molecule has 4 aliphatic carbocycles. The molecule has 0 radical (unpaired) electrons. The summed E-state index contributed by atoms with van der Waals surface area (Å²) in [5.41, 5.74) is 4.49. The molecule has 4 nitrogen and oxygen atoms in total. The Kier molecular flexibility index (Phi) is 8.65. The minimum atomic E-state index is -2.70. The van der Waals surface area contributed by atoms with Gasteiger partial charge in [-0.05, 0) is 120 Å². The third-order valence-electron chi connectivity index (χ3n) is 11.5. The number of rotatable bonds is 11. The lowest BCUT2D eigenvalue weighted by atomic mass is 9.48. The Balaban J connectivity index is 1.27. The van der Waals surface area contributed by atoms with E-state index in [-0.39, 0.29) is 10.5 Å². The monoisotopic (exact) mass is 643 g/mol. The molecular weight excluding hydrogens is 595 g/mol. The van der Waals surface area contributed by atoms with Crippen molar-refractivity contribution in [1.82, 2.24) is 0 Å². The molecule has 0 N–H and O–H groups in total. The minimum Gasteiger partial charge on any atom is -0.496 e. The fraction of sp³-hybridized carbons (Fsp3) is 0.405. The van der Waals surface area contributed by atoms with Gasteiger partial charge in [-0.1, -0.05) is 81.4 Å². The number of anilines is 2. The second kappa shape index (κ2) is 12.7. The molecule has 4 fully saturated rings. The van der Waals surface area contributed by atoms with Gasteiger partial charge in [0.15, 0.2) is 0 Å². The van der Waals surface area contributed by atoms with Crippen LogP contribution in [0.4, 0.5) is 11.4 Å². The first-order valence-corrected chi connectivity index (χ1v) is 19.4. The summed E-state index contributed by atoms with van der Waals surface area (Å²) in [6.45, 7) is 8.22. The molecule has 4 saturated carbocycles. The Labute approximate surface area is 282 Å². The normalized spacial score (nSPS) is 23.4. The lowest BCUT2D eigenvalue weighted by Crippen LogP contribution is -2.67. The highest BCUT2D eigenvalue weighted by molar-refractivity contribution is 6.99. The van der Waals surface area contributed by atoms with E-state index < -0.39 is 8.32 Å². The summed E-state index contributed by atoms with van der Waals surface area (Å²) in [5, 5.41) is 2.47. The largest absolute Gasteiger partial charge is 0.496 e. The van der Waals surface area contributed by atoms with E-state index in [1.165, 1.54) is 54.5 Å². The molecule has 5 heteroatoms. The van der Waals surface area contributed by atoms with Crippen molar-refractivity contribution in [2.75, 3.05) is 25.2 Å². The van der Waals surface area contributed by atoms with Gasteiger partial charge in [-0.15, -0.1) is 0 Å². The molecule has 47 heavy (non-hydrogen) atoms. The highest BCUT2D eigenvalue weighted by atomic mass is 28.4. The molecule has 0 aliphatic heterocycles. The standard InChI is InChI=1S/C42H49NO3Si/c1-41(2,3)47(37-11-7-5-8-12-37,38-13-9-6-10-14-38)46-22-21-43(35-17-15-31(30-44)16-18-35)36-19-20-40(45-4)39(26-36)42-27-32-23-33(28-42)25-34(24-32)29-42/h5-20,26,30,32-34H,21-25,27-29H2,1-4H3. The van der Waals surface area contributed by atoms with Gasteiger partial charge in [0.2, 0.25) is 0 Å². The molecule has 4 aromatic carbocycles. The van der Waals surface area contributed by atoms with Crippen molar-refractivity contribution in [2.24, 2.45) is 17.8 Å². The van der Waals surface area contributed by atoms with Gasteiger partial charge in [0.1, 0.15) is 12.0 Å². The number of carbonyl (C=O) groups excluding carboxylic acids is 1. The zero-order valence-corrected chi connectivity index (χ0v) is 29.5. The molecule has 0 amide bonds. The lowest BCUT2D eigenvalue weighted by molar-refractivity contribution is -0.00613. The van der Waals surface area contributed by atoms with Crippen molar-refractivity contribution in [3.05, 3.63) is 114 Å². The number of hydrogen-bond acceptors (Lipinski definition) is 4. The van der Waals surface area contributed by atoms with Crippen LogP contribution in [0.5, 0.6) is 5.75 Å². The zero-order chi connectivity index (χ0) is 32.6. The summed E-state index contributed by atoms with van der Waals surface area (Å²) < 4.78 is 13.5. The van der Waals surface area contributed by atoms with E-state index in [1.807, 2.05) is 19.2 Å². The van der Waals surface area contributed by atoms with Crippen molar-refractivity contribution in [2.45, 2.75) is 69.7 Å². The van der Waals surface area contributed by atoms with E-state index in [9.17, 15) is 4.79 Å². The maximum Gasteiger partial charge on any atom is 0.261 e. The number of nitrogens with zero attached hydrogens (tertiary/aromatic N) is 1. The van der Waals surface area contributed by atoms with Crippen molar-refractivity contribution in [3.63, 3.8) is 0 Å². The fourth-order valence-corrected chi connectivity index (χ4v) is 14.5. The van der Waals surface area contributed by atoms with Crippen LogP contribution < -0.4 is 20.0 Å². The van der Waals surface area contributed by atoms with Gasteiger partial charge in [-0.25, -0.2) is 0 Å². The van der Waals surface area contributed by atoms with Crippen LogP contribution in [0.1, 0.15) is 75.2 Å². The van der Waals surface area contributed by atoms with Crippen molar-refractivity contribution in [1.29, 1.82) is 0 Å². The second-order valence-electron chi connectivity index (χ2n) is 15.5. The average molecular weight is 644 g/mol. The molecule has 4 aromatic rings. The first-order chi connectivity index (χ1) is 22.7. The molecule has 0 heterocycles. The highest BCUT2D eigenvalue weighted by Crippen LogP contribution is 2.62. The highest BCUT2D eigenvalue weighted by Gasteiger charge is 2.53. The van der Waals surface area contributed by atoms with Crippen molar-refractivity contribution < 1.29 is 14.0 Å². The third kappa shape index (κ3) is 5.87. The van der Waals surface area contributed by atoms with Crippen LogP contribution in [0, 0.1) is 17.8 Å². The van der Waals surface area contributed by atoms with Gasteiger partial charge in [0.25, 0.3) is 8.32 Å². The van der Waals surface area contributed by atoms with Gasteiger partial charge >= 0.3 is 0 Å². The van der Waals surface area contributed by atoms with Crippen LogP contribution >= 0.6 is 0 Å². The molecule has 0 saturated heterocycles. The summed E-state index contributed by atoms with van der Waals surface area (Å²) in [4.78, 5) is 14.0. The van der Waals surface area contributed by atoms with Crippen LogP contribution in [0.25, 0.3) is 0 Å². The Morgan fingerprint density at radius 3 is 1.79 bits per heavy atom. The van der Waals surface area contributed by atoms with E-state index in [0.29, 0.717) is 18.7 Å². The van der Waals surface area contributed by atoms with E-state index in [4.69, 9.17) is 9.16 Å². The fourth-order valence-electron chi connectivity index (χ4n) is 9.91. The summed E-state index contributed by atoms with van der Waals surface area (Å²) >= 11 is 0. The summed E-state index contributed by atoms with van der Waals surface area (Å²) in [7, 11) is -0.873. The average Bonchev–Trinajstić information content (AvgIpc) is 3.08. The molecule has 0 spiro atoms. The van der Waals surface area contributed by atoms with E-state index >= 15 is 0 Å². The van der Waals surface area contributed by atoms with Crippen LogP contribution in [0.2, 0.25) is 5.04 Å². The van der Waals surface area contributed by atoms with Gasteiger partial charge in [-0.3, -0.25) is 4.79 Å². The molecular formula is C42H49NO3Si. The molecule has 0 atom stereocenters. The summed E-state index contributed by atoms with van der Waals surface area (Å²) in [6, 6.07) is 36.6. The van der Waals surface area contributed by atoms with Crippen LogP contribution in [0.3, 0.4) is 0 Å². The Morgan fingerprint density at radius 1 is 0.766 bits per heavy atom. The number of methoxy groups -OCH3 is 1. The van der Waals surface area contributed by atoms with Crippen molar-refractivity contribution in [3.8, 4) is 5.75 Å². The molecule has 0 unspecified atom stereocenters. The lowest BCUT2D eigenvalue weighted by Gasteiger charge is -2.57. The van der Waals surface area contributed by atoms with E-state index in [0.717, 1.165) is 41.2 Å². The number of ether oxygens (including phenoxy) is 1. The molecule has 4 aliphatic rings. The van der Waals surface area contributed by atoms with Crippen LogP contribution in [0.15, 0.2) is 103 Å². The van der Waals surface area contributed by atoms with E-state index in [2.05, 4.69) is 117 Å². The van der Waals surface area contributed by atoms with Crippen LogP contribution in [-0.4, -0.2) is 34.9 Å². The number of hydrogen-bond donors (Lipinski definition) is 0. The van der Waals surface area contributed by atoms with Gasteiger partial charge < -0.3 is 14.1 Å². The zero-order valence-electron chi connectivity index (χ0n) is 28.5. The maximum atomic E-state index is 11.6. The summed E-state index contributed by atoms with van der Waals surface area (Å²) in [6.07, 6.45) is 9.00. The molecule has 8 rings (SSSR count). The Bertz CT molecular complexity index is 1600. The predicted octanol–water partition coefficient (Wildman–Crippen LogP) is 8.69. The quantitative estimate of drug-likeness (QED) is 0.121. The Hall–Kier alpha value is -3.67. The number of carbonyl (C=O) groups is 1. The summed E-state index contributed by atoms with van der Waals surface area (Å²) in [5.74, 6) is 3.57. The van der Waals surface area contributed by atoms with Crippen molar-refractivity contribution >= 4 is 36.4 Å². The first kappa shape index (κ1) is 31.9. The number of aldehydes is 1. The van der Waals surface area contributed by atoms with Gasteiger partial charge in [-0.2, -0.15) is 0 Å². The Morgan fingerprint density at radius 2 is 1.30 bits per heavy atom.